The Hall–Kier alpha value is -3.46. The molecule has 1 atom stereocenters. The second kappa shape index (κ2) is 6.02. The third-order valence-corrected chi connectivity index (χ3v) is 6.44. The number of fused-ring (bicyclic) bond motifs is 6. The SMILES string of the molecule is O=C1c2ccccc2C(=O)N1C1CCC=c2c1ccc1c2=CCc2ccccc2-1. The number of amides is 2. The van der Waals surface area contributed by atoms with Crippen LogP contribution in [0.15, 0.2) is 60.7 Å². The highest BCUT2D eigenvalue weighted by molar-refractivity contribution is 6.21. The molecule has 0 bridgehead atoms. The second-order valence-electron chi connectivity index (χ2n) is 7.92. The summed E-state index contributed by atoms with van der Waals surface area (Å²) in [6.45, 7) is 0. The molecule has 0 saturated heterocycles. The fraction of sp³-hybridized carbons (Fsp3) is 0.154. The lowest BCUT2D eigenvalue weighted by Gasteiger charge is -2.30. The maximum Gasteiger partial charge on any atom is 0.262 e. The minimum absolute atomic E-state index is 0.171. The lowest BCUT2D eigenvalue weighted by molar-refractivity contribution is 0.0573. The summed E-state index contributed by atoms with van der Waals surface area (Å²) in [6.07, 6.45) is 7.10. The third kappa shape index (κ3) is 2.24. The van der Waals surface area contributed by atoms with Crippen molar-refractivity contribution in [3.8, 4) is 11.1 Å². The molecule has 0 N–H and O–H groups in total. The van der Waals surface area contributed by atoms with Crippen LogP contribution in [-0.2, 0) is 6.42 Å². The first-order valence-corrected chi connectivity index (χ1v) is 10.1. The van der Waals surface area contributed by atoms with Crippen LogP contribution in [0.4, 0.5) is 0 Å². The highest BCUT2D eigenvalue weighted by Crippen LogP contribution is 2.35. The number of hydrogen-bond donors (Lipinski definition) is 0. The van der Waals surface area contributed by atoms with Gasteiger partial charge >= 0.3 is 0 Å². The smallest absolute Gasteiger partial charge is 0.262 e. The summed E-state index contributed by atoms with van der Waals surface area (Å²) in [5.74, 6) is -0.342. The van der Waals surface area contributed by atoms with Gasteiger partial charge < -0.3 is 0 Å². The number of rotatable bonds is 1. The largest absolute Gasteiger partial charge is 0.269 e. The zero-order chi connectivity index (χ0) is 19.5. The molecule has 2 aliphatic carbocycles. The summed E-state index contributed by atoms with van der Waals surface area (Å²) < 4.78 is 0. The van der Waals surface area contributed by atoms with Crippen molar-refractivity contribution in [3.05, 3.63) is 93.4 Å². The summed E-state index contributed by atoms with van der Waals surface area (Å²) >= 11 is 0. The lowest BCUT2D eigenvalue weighted by atomic mass is 9.85. The predicted molar refractivity (Wildman–Crippen MR) is 113 cm³/mol. The molecular formula is C26H19NO2. The number of imide groups is 1. The van der Waals surface area contributed by atoms with E-state index in [0.717, 1.165) is 24.8 Å². The predicted octanol–water partition coefficient (Wildman–Crippen LogP) is 3.60. The van der Waals surface area contributed by atoms with Crippen LogP contribution in [0.1, 0.15) is 50.7 Å². The van der Waals surface area contributed by atoms with Crippen molar-refractivity contribution in [3.63, 3.8) is 0 Å². The van der Waals surface area contributed by atoms with E-state index in [-0.39, 0.29) is 17.9 Å². The van der Waals surface area contributed by atoms with Gasteiger partial charge in [0, 0.05) is 0 Å². The van der Waals surface area contributed by atoms with Gasteiger partial charge in [0.2, 0.25) is 0 Å². The minimum atomic E-state index is -0.210. The molecule has 3 heteroatoms. The molecule has 0 spiro atoms. The van der Waals surface area contributed by atoms with Gasteiger partial charge in [-0.2, -0.15) is 0 Å². The van der Waals surface area contributed by atoms with Crippen molar-refractivity contribution in [2.75, 3.05) is 0 Å². The number of benzene rings is 3. The molecule has 1 heterocycles. The third-order valence-electron chi connectivity index (χ3n) is 6.44. The normalized spacial score (nSPS) is 18.9. The van der Waals surface area contributed by atoms with E-state index in [1.807, 2.05) is 12.1 Å². The van der Waals surface area contributed by atoms with Gasteiger partial charge in [0.05, 0.1) is 17.2 Å². The van der Waals surface area contributed by atoms with Gasteiger partial charge in [-0.1, -0.05) is 60.7 Å². The van der Waals surface area contributed by atoms with Gasteiger partial charge in [0.15, 0.2) is 0 Å². The van der Waals surface area contributed by atoms with Crippen LogP contribution < -0.4 is 10.4 Å². The molecule has 0 fully saturated rings. The Bertz CT molecular complexity index is 1300. The number of nitrogens with zero attached hydrogens (tertiary/aromatic N) is 1. The molecule has 6 rings (SSSR count). The Kier molecular flexibility index (Phi) is 3.42. The van der Waals surface area contributed by atoms with Gasteiger partial charge in [-0.15, -0.1) is 0 Å². The summed E-state index contributed by atoms with van der Waals surface area (Å²) in [4.78, 5) is 27.6. The van der Waals surface area contributed by atoms with Crippen molar-refractivity contribution in [2.24, 2.45) is 0 Å². The molecule has 29 heavy (non-hydrogen) atoms. The van der Waals surface area contributed by atoms with Crippen molar-refractivity contribution >= 4 is 24.0 Å². The van der Waals surface area contributed by atoms with Gasteiger partial charge in [-0.3, -0.25) is 14.5 Å². The highest BCUT2D eigenvalue weighted by Gasteiger charge is 2.41. The molecule has 0 aromatic heterocycles. The zero-order valence-corrected chi connectivity index (χ0v) is 15.9. The molecule has 140 valence electrons. The molecular weight excluding hydrogens is 358 g/mol. The number of hydrogen-bond acceptors (Lipinski definition) is 2. The van der Waals surface area contributed by atoms with Gasteiger partial charge in [-0.05, 0) is 64.1 Å². The van der Waals surface area contributed by atoms with Gasteiger partial charge in [-0.25, -0.2) is 0 Å². The maximum atomic E-state index is 13.1. The average molecular weight is 377 g/mol. The van der Waals surface area contributed by atoms with Crippen LogP contribution in [-0.4, -0.2) is 16.7 Å². The van der Waals surface area contributed by atoms with Crippen molar-refractivity contribution in [1.82, 2.24) is 4.90 Å². The molecule has 3 aliphatic rings. The van der Waals surface area contributed by atoms with Crippen LogP contribution in [0.5, 0.6) is 0 Å². The first kappa shape index (κ1) is 16.5. The Balaban J connectivity index is 1.51. The van der Waals surface area contributed by atoms with E-state index in [1.165, 1.54) is 32.0 Å². The van der Waals surface area contributed by atoms with Crippen molar-refractivity contribution < 1.29 is 9.59 Å². The van der Waals surface area contributed by atoms with E-state index >= 15 is 0 Å². The topological polar surface area (TPSA) is 37.4 Å². The van der Waals surface area contributed by atoms with Crippen LogP contribution in [0, 0.1) is 0 Å². The molecule has 0 saturated carbocycles. The number of carbonyl (C=O) groups is 2. The monoisotopic (exact) mass is 377 g/mol. The molecule has 1 unspecified atom stereocenters. The Morgan fingerprint density at radius 1 is 0.690 bits per heavy atom. The van der Waals surface area contributed by atoms with Gasteiger partial charge in [0.1, 0.15) is 0 Å². The number of carbonyl (C=O) groups excluding carboxylic acids is 2. The summed E-state index contributed by atoms with van der Waals surface area (Å²) in [5.41, 5.74) is 5.99. The summed E-state index contributed by atoms with van der Waals surface area (Å²) in [5, 5.41) is 2.42. The first-order chi connectivity index (χ1) is 14.2. The lowest BCUT2D eigenvalue weighted by Crippen LogP contribution is -2.42. The molecule has 1 aliphatic heterocycles. The molecule has 3 nitrogen and oxygen atoms in total. The Labute approximate surface area is 168 Å². The average Bonchev–Trinajstić information content (AvgIpc) is 3.03. The second-order valence-corrected chi connectivity index (χ2v) is 7.92. The zero-order valence-electron chi connectivity index (χ0n) is 15.9. The summed E-state index contributed by atoms with van der Waals surface area (Å²) in [6, 6.07) is 19.7. The standard InChI is InChI=1S/C26H19NO2/c28-25-22-8-3-4-9-23(22)26(29)27(25)24-11-5-10-18-20-13-12-16-6-1-2-7-17(16)19(20)14-15-21(18)24/h1-4,6-10,13-15,24H,5,11-12H2. The van der Waals surface area contributed by atoms with E-state index in [4.69, 9.17) is 0 Å². The van der Waals surface area contributed by atoms with E-state index in [2.05, 4.69) is 48.6 Å². The van der Waals surface area contributed by atoms with E-state index in [0.29, 0.717) is 11.1 Å². The van der Waals surface area contributed by atoms with Crippen LogP contribution >= 0.6 is 0 Å². The molecule has 0 radical (unpaired) electrons. The molecule has 3 aromatic carbocycles. The highest BCUT2D eigenvalue weighted by atomic mass is 16.2. The van der Waals surface area contributed by atoms with Crippen LogP contribution in [0.3, 0.4) is 0 Å². The van der Waals surface area contributed by atoms with Crippen molar-refractivity contribution in [2.45, 2.75) is 25.3 Å². The fourth-order valence-electron chi connectivity index (χ4n) is 5.10. The quantitative estimate of drug-likeness (QED) is 0.608. The molecule has 3 aromatic rings. The fourth-order valence-corrected chi connectivity index (χ4v) is 5.10. The minimum Gasteiger partial charge on any atom is -0.269 e. The van der Waals surface area contributed by atoms with Crippen LogP contribution in [0.2, 0.25) is 0 Å². The van der Waals surface area contributed by atoms with E-state index in [1.54, 1.807) is 12.1 Å². The summed E-state index contributed by atoms with van der Waals surface area (Å²) in [7, 11) is 0. The van der Waals surface area contributed by atoms with E-state index < -0.39 is 0 Å². The van der Waals surface area contributed by atoms with Crippen molar-refractivity contribution in [1.29, 1.82) is 0 Å². The maximum absolute atomic E-state index is 13.1. The Morgan fingerprint density at radius 2 is 1.38 bits per heavy atom. The molecule has 2 amide bonds. The first-order valence-electron chi connectivity index (χ1n) is 10.1. The van der Waals surface area contributed by atoms with Crippen LogP contribution in [0.25, 0.3) is 23.3 Å². The van der Waals surface area contributed by atoms with Gasteiger partial charge in [0.25, 0.3) is 11.8 Å². The van der Waals surface area contributed by atoms with E-state index in [9.17, 15) is 9.59 Å². The Morgan fingerprint density at radius 3 is 2.14 bits per heavy atom.